The van der Waals surface area contributed by atoms with Crippen LogP contribution < -0.4 is 5.32 Å². The van der Waals surface area contributed by atoms with E-state index in [0.717, 1.165) is 48.0 Å². The third kappa shape index (κ3) is 3.95. The lowest BCUT2D eigenvalue weighted by molar-refractivity contribution is 0.0726. The Bertz CT molecular complexity index is 1040. The van der Waals surface area contributed by atoms with Crippen LogP contribution in [-0.4, -0.2) is 23.9 Å². The smallest absolute Gasteiger partial charge is 0.263 e. The van der Waals surface area contributed by atoms with Gasteiger partial charge in [0, 0.05) is 41.0 Å². The van der Waals surface area contributed by atoms with Crippen molar-refractivity contribution in [2.45, 2.75) is 32.6 Å². The Morgan fingerprint density at radius 2 is 1.76 bits per heavy atom. The van der Waals surface area contributed by atoms with Gasteiger partial charge in [-0.25, -0.2) is 8.78 Å². The summed E-state index contributed by atoms with van der Waals surface area (Å²) in [6.07, 6.45) is 0.746. The van der Waals surface area contributed by atoms with E-state index in [1.54, 1.807) is 12.1 Å². The Morgan fingerprint density at radius 3 is 2.52 bits per heavy atom. The van der Waals surface area contributed by atoms with Crippen LogP contribution in [0, 0.1) is 6.92 Å². The molecule has 0 aromatic heterocycles. The van der Waals surface area contributed by atoms with Gasteiger partial charge in [0.15, 0.2) is 0 Å². The summed E-state index contributed by atoms with van der Waals surface area (Å²) in [5, 5.41) is 5.08. The molecule has 0 unspecified atom stereocenters. The zero-order valence-corrected chi connectivity index (χ0v) is 16.4. The molecule has 29 heavy (non-hydrogen) atoms. The molecule has 150 valence electrons. The Hall–Kier alpha value is -2.95. The first-order valence-electron chi connectivity index (χ1n) is 10.0. The summed E-state index contributed by atoms with van der Waals surface area (Å²) >= 11 is 0. The van der Waals surface area contributed by atoms with E-state index in [1.165, 1.54) is 18.6 Å². The van der Waals surface area contributed by atoms with Crippen LogP contribution in [0.25, 0.3) is 10.8 Å². The number of nitrogens with one attached hydrogen (secondary N) is 1. The molecule has 0 atom stereocenters. The number of aryl methyl sites for hydroxylation is 1. The van der Waals surface area contributed by atoms with Crippen LogP contribution in [-0.2, 0) is 0 Å². The number of carbonyl (C=O) groups excluding carboxylic acids is 1. The van der Waals surface area contributed by atoms with E-state index in [1.807, 2.05) is 42.2 Å². The van der Waals surface area contributed by atoms with Gasteiger partial charge in [-0.15, -0.1) is 0 Å². The van der Waals surface area contributed by atoms with Crippen LogP contribution in [0.5, 0.6) is 0 Å². The van der Waals surface area contributed by atoms with Gasteiger partial charge in [0.2, 0.25) is 0 Å². The van der Waals surface area contributed by atoms with Crippen LogP contribution in [0.4, 0.5) is 20.2 Å². The highest BCUT2D eigenvalue weighted by Crippen LogP contribution is 2.33. The fraction of sp³-hybridized carbons (Fsp3) is 0.292. The second-order valence-corrected chi connectivity index (χ2v) is 7.56. The topological polar surface area (TPSA) is 32.3 Å². The summed E-state index contributed by atoms with van der Waals surface area (Å²) in [5.74, 6) is 0.0650. The monoisotopic (exact) mass is 394 g/mol. The van der Waals surface area contributed by atoms with Crippen LogP contribution in [0.15, 0.2) is 54.6 Å². The average Bonchev–Trinajstić information content (AvgIpc) is 2.74. The Balaban J connectivity index is 1.75. The van der Waals surface area contributed by atoms with Gasteiger partial charge in [-0.2, -0.15) is 0 Å². The number of likely N-dealkylation sites (tertiary alicyclic amines) is 1. The number of anilines is 2. The van der Waals surface area contributed by atoms with Crippen molar-refractivity contribution in [2.75, 3.05) is 18.4 Å². The molecule has 1 aliphatic rings. The standard InChI is InChI=1S/C24H24F2N2O/c1-16-7-5-10-19-21(27-18-9-6-8-17(15-18)23(25)26)12-11-20(22(16)19)24(29)28-13-3-2-4-14-28/h5-12,15,23,27H,2-4,13-14H2,1H3. The third-order valence-corrected chi connectivity index (χ3v) is 5.54. The predicted molar refractivity (Wildman–Crippen MR) is 113 cm³/mol. The van der Waals surface area contributed by atoms with Crippen molar-refractivity contribution in [3.05, 3.63) is 71.3 Å². The quantitative estimate of drug-likeness (QED) is 0.551. The van der Waals surface area contributed by atoms with Gasteiger partial charge in [-0.3, -0.25) is 4.79 Å². The summed E-state index contributed by atoms with van der Waals surface area (Å²) in [7, 11) is 0. The lowest BCUT2D eigenvalue weighted by Crippen LogP contribution is -2.35. The first-order valence-corrected chi connectivity index (χ1v) is 10.0. The van der Waals surface area contributed by atoms with Crippen molar-refractivity contribution < 1.29 is 13.6 Å². The average molecular weight is 394 g/mol. The van der Waals surface area contributed by atoms with Crippen molar-refractivity contribution in [3.8, 4) is 0 Å². The van der Waals surface area contributed by atoms with Crippen molar-refractivity contribution >= 4 is 28.1 Å². The van der Waals surface area contributed by atoms with Crippen molar-refractivity contribution in [2.24, 2.45) is 0 Å². The van der Waals surface area contributed by atoms with E-state index in [0.29, 0.717) is 11.3 Å². The Kier molecular flexibility index (Phi) is 5.47. The van der Waals surface area contributed by atoms with E-state index >= 15 is 0 Å². The number of nitrogens with zero attached hydrogens (tertiary/aromatic N) is 1. The SMILES string of the molecule is Cc1cccc2c(Nc3cccc(C(F)F)c3)ccc(C(=O)N3CCCCC3)c12. The molecule has 3 aromatic rings. The molecule has 1 fully saturated rings. The normalized spacial score (nSPS) is 14.4. The highest BCUT2D eigenvalue weighted by atomic mass is 19.3. The molecule has 0 radical (unpaired) electrons. The zero-order valence-electron chi connectivity index (χ0n) is 16.4. The maximum atomic E-state index is 13.2. The van der Waals surface area contributed by atoms with E-state index in [4.69, 9.17) is 0 Å². The summed E-state index contributed by atoms with van der Waals surface area (Å²) in [6.45, 7) is 3.59. The molecule has 1 aliphatic heterocycles. The minimum absolute atomic E-state index is 0.0209. The second kappa shape index (κ2) is 8.19. The minimum atomic E-state index is -2.51. The summed E-state index contributed by atoms with van der Waals surface area (Å²) in [5.41, 5.74) is 3.10. The second-order valence-electron chi connectivity index (χ2n) is 7.56. The Morgan fingerprint density at radius 1 is 1.00 bits per heavy atom. The van der Waals surface area contributed by atoms with E-state index in [2.05, 4.69) is 5.32 Å². The summed E-state index contributed by atoms with van der Waals surface area (Å²) in [6, 6.07) is 15.9. The molecule has 5 heteroatoms. The largest absolute Gasteiger partial charge is 0.355 e. The number of piperidine rings is 1. The number of hydrogen-bond acceptors (Lipinski definition) is 2. The van der Waals surface area contributed by atoms with Gasteiger partial charge < -0.3 is 10.2 Å². The van der Waals surface area contributed by atoms with Crippen molar-refractivity contribution in [3.63, 3.8) is 0 Å². The molecule has 0 aliphatic carbocycles. The molecule has 0 saturated carbocycles. The number of hydrogen-bond donors (Lipinski definition) is 1. The molecular formula is C24H24F2N2O. The molecule has 4 rings (SSSR count). The maximum Gasteiger partial charge on any atom is 0.263 e. The fourth-order valence-corrected chi connectivity index (χ4v) is 4.05. The lowest BCUT2D eigenvalue weighted by Gasteiger charge is -2.27. The highest BCUT2D eigenvalue weighted by molar-refractivity contribution is 6.11. The van der Waals surface area contributed by atoms with Gasteiger partial charge in [0.05, 0.1) is 0 Å². The highest BCUT2D eigenvalue weighted by Gasteiger charge is 2.21. The number of halogens is 2. The molecule has 0 spiro atoms. The van der Waals surface area contributed by atoms with Crippen molar-refractivity contribution in [1.82, 2.24) is 4.90 Å². The maximum absolute atomic E-state index is 13.2. The Labute approximate surface area is 169 Å². The van der Waals surface area contributed by atoms with Crippen LogP contribution in [0.1, 0.15) is 47.2 Å². The van der Waals surface area contributed by atoms with E-state index < -0.39 is 6.43 Å². The number of carbonyl (C=O) groups is 1. The lowest BCUT2D eigenvalue weighted by atomic mass is 9.97. The van der Waals surface area contributed by atoms with Crippen molar-refractivity contribution in [1.29, 1.82) is 0 Å². The predicted octanol–water partition coefficient (Wildman–Crippen LogP) is 6.46. The summed E-state index contributed by atoms with van der Waals surface area (Å²) in [4.78, 5) is 15.1. The van der Waals surface area contributed by atoms with Crippen LogP contribution >= 0.6 is 0 Å². The number of benzene rings is 3. The first-order chi connectivity index (χ1) is 14.0. The summed E-state index contributed by atoms with van der Waals surface area (Å²) < 4.78 is 26.1. The van der Waals surface area contributed by atoms with Crippen LogP contribution in [0.3, 0.4) is 0 Å². The number of rotatable bonds is 4. The number of fused-ring (bicyclic) bond motifs is 1. The number of alkyl halides is 2. The molecule has 1 saturated heterocycles. The molecule has 3 nitrogen and oxygen atoms in total. The zero-order chi connectivity index (χ0) is 20.4. The molecular weight excluding hydrogens is 370 g/mol. The molecule has 1 N–H and O–H groups in total. The van der Waals surface area contributed by atoms with Gasteiger partial charge in [0.1, 0.15) is 0 Å². The van der Waals surface area contributed by atoms with Gasteiger partial charge in [0.25, 0.3) is 12.3 Å². The van der Waals surface area contributed by atoms with Gasteiger partial charge in [-0.1, -0.05) is 30.3 Å². The molecule has 1 amide bonds. The van der Waals surface area contributed by atoms with Gasteiger partial charge >= 0.3 is 0 Å². The molecule has 0 bridgehead atoms. The van der Waals surface area contributed by atoms with E-state index in [-0.39, 0.29) is 11.5 Å². The fourth-order valence-electron chi connectivity index (χ4n) is 4.05. The molecule has 3 aromatic carbocycles. The minimum Gasteiger partial charge on any atom is -0.355 e. The van der Waals surface area contributed by atoms with Crippen LogP contribution in [0.2, 0.25) is 0 Å². The first kappa shape index (κ1) is 19.4. The molecule has 1 heterocycles. The van der Waals surface area contributed by atoms with E-state index in [9.17, 15) is 13.6 Å². The van der Waals surface area contributed by atoms with Gasteiger partial charge in [-0.05, 0) is 61.4 Å². The number of amides is 1. The third-order valence-electron chi connectivity index (χ3n) is 5.54.